The van der Waals surface area contributed by atoms with Crippen molar-refractivity contribution in [2.45, 2.75) is 82.7 Å². The van der Waals surface area contributed by atoms with Gasteiger partial charge in [0.15, 0.2) is 0 Å². The molecule has 2 aliphatic heterocycles. The quantitative estimate of drug-likeness (QED) is 0.292. The molecule has 3 unspecified atom stereocenters. The van der Waals surface area contributed by atoms with Gasteiger partial charge in [0.2, 0.25) is 0 Å². The van der Waals surface area contributed by atoms with Crippen LogP contribution in [0.25, 0.3) is 0 Å². The Labute approximate surface area is 255 Å². The van der Waals surface area contributed by atoms with Gasteiger partial charge in [0.1, 0.15) is 11.9 Å². The van der Waals surface area contributed by atoms with E-state index in [1.807, 2.05) is 6.07 Å². The number of halogens is 1. The standard InChI is InChI=1S/C36H47FN4O2/c1-2-41-34(22-32(38-41)20-26-10-5-3-6-11-26)27-16-18-39(19-17-27)23-30-24-40(25-33(30)29-14-9-15-31(37)21-29)35(36(42)43)28-12-7-4-8-13-28/h3,5-6,9-11,14-15,21-22,27-28,30,33,35H,2,4,7-8,12-13,16-20,23-25H2,1H3,(H,42,43). The summed E-state index contributed by atoms with van der Waals surface area (Å²) >= 11 is 0. The number of carbonyl (C=O) groups is 1. The minimum absolute atomic E-state index is 0.140. The number of nitrogens with zero attached hydrogens (tertiary/aromatic N) is 4. The molecule has 1 aromatic heterocycles. The zero-order valence-corrected chi connectivity index (χ0v) is 25.6. The lowest BCUT2D eigenvalue weighted by molar-refractivity contribution is -0.145. The van der Waals surface area contributed by atoms with Crippen molar-refractivity contribution in [2.75, 3.05) is 32.7 Å². The van der Waals surface area contributed by atoms with Crippen LogP contribution in [-0.4, -0.2) is 69.4 Å². The second-order valence-electron chi connectivity index (χ2n) is 13.2. The molecule has 0 radical (unpaired) electrons. The highest BCUT2D eigenvalue weighted by Gasteiger charge is 2.43. The summed E-state index contributed by atoms with van der Waals surface area (Å²) in [6, 6.07) is 19.4. The maximum Gasteiger partial charge on any atom is 0.321 e. The number of likely N-dealkylation sites (tertiary alicyclic amines) is 2. The van der Waals surface area contributed by atoms with Crippen molar-refractivity contribution in [2.24, 2.45) is 11.8 Å². The minimum Gasteiger partial charge on any atom is -0.480 e. The van der Waals surface area contributed by atoms with Gasteiger partial charge in [-0.3, -0.25) is 14.4 Å². The molecule has 6 rings (SSSR count). The van der Waals surface area contributed by atoms with E-state index in [0.717, 1.165) is 88.9 Å². The Morgan fingerprint density at radius 2 is 1.74 bits per heavy atom. The van der Waals surface area contributed by atoms with Crippen LogP contribution in [0.3, 0.4) is 0 Å². The highest BCUT2D eigenvalue weighted by molar-refractivity contribution is 5.74. The van der Waals surface area contributed by atoms with Crippen molar-refractivity contribution in [3.8, 4) is 0 Å². The van der Waals surface area contributed by atoms with E-state index in [-0.39, 0.29) is 23.6 Å². The maximum atomic E-state index is 14.3. The Morgan fingerprint density at radius 3 is 2.44 bits per heavy atom. The van der Waals surface area contributed by atoms with Gasteiger partial charge >= 0.3 is 5.97 Å². The topological polar surface area (TPSA) is 61.6 Å². The summed E-state index contributed by atoms with van der Waals surface area (Å²) in [5, 5.41) is 15.3. The van der Waals surface area contributed by atoms with E-state index in [2.05, 4.69) is 57.8 Å². The van der Waals surface area contributed by atoms with E-state index in [4.69, 9.17) is 5.10 Å². The van der Waals surface area contributed by atoms with Gasteiger partial charge in [0, 0.05) is 50.1 Å². The summed E-state index contributed by atoms with van der Waals surface area (Å²) in [6.07, 6.45) is 8.50. The third-order valence-electron chi connectivity index (χ3n) is 10.4. The number of aromatic nitrogens is 2. The van der Waals surface area contributed by atoms with Gasteiger partial charge in [-0.15, -0.1) is 0 Å². The number of carboxylic acids is 1. The average molecular weight is 587 g/mol. The molecule has 3 fully saturated rings. The number of aryl methyl sites for hydroxylation is 1. The first kappa shape index (κ1) is 30.0. The van der Waals surface area contributed by atoms with Crippen LogP contribution < -0.4 is 0 Å². The third-order valence-corrected chi connectivity index (χ3v) is 10.4. The van der Waals surface area contributed by atoms with Crippen molar-refractivity contribution < 1.29 is 14.3 Å². The van der Waals surface area contributed by atoms with Crippen molar-refractivity contribution in [3.05, 3.63) is 89.0 Å². The zero-order chi connectivity index (χ0) is 29.8. The van der Waals surface area contributed by atoms with Crippen molar-refractivity contribution in [3.63, 3.8) is 0 Å². The number of hydrogen-bond donors (Lipinski definition) is 1. The summed E-state index contributed by atoms with van der Waals surface area (Å²) in [6.45, 7) is 7.47. The zero-order valence-electron chi connectivity index (χ0n) is 25.6. The molecule has 0 bridgehead atoms. The van der Waals surface area contributed by atoms with Crippen molar-refractivity contribution >= 4 is 5.97 Å². The molecule has 1 aliphatic carbocycles. The van der Waals surface area contributed by atoms with Crippen LogP contribution in [0, 0.1) is 17.7 Å². The molecule has 2 aromatic carbocycles. The second kappa shape index (κ2) is 13.7. The van der Waals surface area contributed by atoms with Crippen molar-refractivity contribution in [1.82, 2.24) is 19.6 Å². The number of aliphatic carboxylic acids is 1. The predicted molar refractivity (Wildman–Crippen MR) is 168 cm³/mol. The molecular weight excluding hydrogens is 539 g/mol. The monoisotopic (exact) mass is 586 g/mol. The number of piperidine rings is 1. The average Bonchev–Trinajstić information content (AvgIpc) is 3.62. The van der Waals surface area contributed by atoms with Crippen LogP contribution in [0.1, 0.15) is 86.2 Å². The molecule has 3 aliphatic rings. The van der Waals surface area contributed by atoms with Crippen LogP contribution in [0.4, 0.5) is 4.39 Å². The van der Waals surface area contributed by atoms with E-state index in [1.54, 1.807) is 12.1 Å². The van der Waals surface area contributed by atoms with E-state index in [0.29, 0.717) is 12.5 Å². The SMILES string of the molecule is CCn1nc(Cc2ccccc2)cc1C1CCN(CC2CN(C(C(=O)O)C3CCCCC3)CC2c2cccc(F)c2)CC1. The Bertz CT molecular complexity index is 1350. The molecule has 3 aromatic rings. The van der Waals surface area contributed by atoms with Crippen LogP contribution in [0.5, 0.6) is 0 Å². The largest absolute Gasteiger partial charge is 0.480 e. The number of benzene rings is 2. The first-order chi connectivity index (χ1) is 21.0. The highest BCUT2D eigenvalue weighted by atomic mass is 19.1. The molecule has 230 valence electrons. The van der Waals surface area contributed by atoms with Gasteiger partial charge in [-0.25, -0.2) is 4.39 Å². The number of rotatable bonds is 10. The molecule has 7 heteroatoms. The lowest BCUT2D eigenvalue weighted by atomic mass is 9.83. The van der Waals surface area contributed by atoms with Gasteiger partial charge in [-0.05, 0) is 86.9 Å². The minimum atomic E-state index is -0.689. The highest BCUT2D eigenvalue weighted by Crippen LogP contribution is 2.39. The van der Waals surface area contributed by atoms with Crippen LogP contribution in [0.15, 0.2) is 60.7 Å². The molecule has 3 heterocycles. The van der Waals surface area contributed by atoms with E-state index in [9.17, 15) is 14.3 Å². The van der Waals surface area contributed by atoms with E-state index in [1.165, 1.54) is 23.7 Å². The van der Waals surface area contributed by atoms with E-state index >= 15 is 0 Å². The van der Waals surface area contributed by atoms with Gasteiger partial charge < -0.3 is 10.0 Å². The van der Waals surface area contributed by atoms with E-state index < -0.39 is 12.0 Å². The second-order valence-corrected chi connectivity index (χ2v) is 13.2. The molecular formula is C36H47FN4O2. The maximum absolute atomic E-state index is 14.3. The predicted octanol–water partition coefficient (Wildman–Crippen LogP) is 6.56. The first-order valence-electron chi connectivity index (χ1n) is 16.5. The lowest BCUT2D eigenvalue weighted by Gasteiger charge is -2.35. The van der Waals surface area contributed by atoms with Gasteiger partial charge in [0.05, 0.1) is 5.69 Å². The smallest absolute Gasteiger partial charge is 0.321 e. The normalized spacial score (nSPS) is 23.5. The Balaban J connectivity index is 1.13. The number of hydrogen-bond acceptors (Lipinski definition) is 4. The van der Waals surface area contributed by atoms with Crippen LogP contribution in [-0.2, 0) is 17.8 Å². The summed E-state index contributed by atoms with van der Waals surface area (Å²) in [4.78, 5) is 17.4. The third kappa shape index (κ3) is 7.04. The fraction of sp³-hybridized carbons (Fsp3) is 0.556. The first-order valence-corrected chi connectivity index (χ1v) is 16.5. The summed E-state index contributed by atoms with van der Waals surface area (Å²) < 4.78 is 16.5. The summed E-state index contributed by atoms with van der Waals surface area (Å²) in [5.74, 6) is 0.227. The molecule has 2 saturated heterocycles. The Morgan fingerprint density at radius 1 is 0.977 bits per heavy atom. The Hall–Kier alpha value is -3.03. The van der Waals surface area contributed by atoms with Crippen molar-refractivity contribution in [1.29, 1.82) is 0 Å². The van der Waals surface area contributed by atoms with Crippen LogP contribution in [0.2, 0.25) is 0 Å². The number of carboxylic acid groups (broad SMARTS) is 1. The molecule has 0 amide bonds. The molecule has 0 spiro atoms. The molecule has 6 nitrogen and oxygen atoms in total. The van der Waals surface area contributed by atoms with Crippen LogP contribution >= 0.6 is 0 Å². The molecule has 43 heavy (non-hydrogen) atoms. The fourth-order valence-corrected chi connectivity index (χ4v) is 8.24. The Kier molecular flexibility index (Phi) is 9.58. The van der Waals surface area contributed by atoms with Gasteiger partial charge in [-0.2, -0.15) is 5.10 Å². The lowest BCUT2D eigenvalue weighted by Crippen LogP contribution is -2.46. The van der Waals surface area contributed by atoms with Gasteiger partial charge in [-0.1, -0.05) is 61.7 Å². The molecule has 3 atom stereocenters. The molecule has 1 N–H and O–H groups in total. The summed E-state index contributed by atoms with van der Waals surface area (Å²) in [7, 11) is 0. The fourth-order valence-electron chi connectivity index (χ4n) is 8.24. The molecule has 1 saturated carbocycles. The summed E-state index contributed by atoms with van der Waals surface area (Å²) in [5.41, 5.74) is 4.79. The van der Waals surface area contributed by atoms with Gasteiger partial charge in [0.25, 0.3) is 0 Å².